The van der Waals surface area contributed by atoms with Gasteiger partial charge in [0.2, 0.25) is 0 Å². The quantitative estimate of drug-likeness (QED) is 0.667. The molecule has 1 aromatic heterocycles. The predicted octanol–water partition coefficient (Wildman–Crippen LogP) is 2.86. The number of halogens is 1. The molecule has 0 bridgehead atoms. The van der Waals surface area contributed by atoms with Crippen molar-refractivity contribution in [3.63, 3.8) is 0 Å². The van der Waals surface area contributed by atoms with E-state index in [-0.39, 0.29) is 11.7 Å². The van der Waals surface area contributed by atoms with Gasteiger partial charge in [-0.05, 0) is 29.8 Å². The highest BCUT2D eigenvalue weighted by atomic mass is 35.5. The van der Waals surface area contributed by atoms with Crippen LogP contribution in [0.5, 0.6) is 0 Å². The number of alkyl halides is 1. The van der Waals surface area contributed by atoms with Crippen molar-refractivity contribution in [3.05, 3.63) is 41.6 Å². The molecule has 1 heterocycles. The Morgan fingerprint density at radius 1 is 1.53 bits per heavy atom. The number of ketones is 1. The first-order valence-electron chi connectivity index (χ1n) is 5.02. The number of allylic oxidation sites excluding steroid dienone is 1. The van der Waals surface area contributed by atoms with Crippen LogP contribution >= 0.6 is 11.6 Å². The topological polar surface area (TPSA) is 56.6 Å². The smallest absolute Gasteiger partial charge is 0.170 e. The number of H-pyrrole nitrogens is 1. The molecule has 0 amide bonds. The number of hydrogen-bond acceptors (Lipinski definition) is 2. The van der Waals surface area contributed by atoms with Crippen molar-refractivity contribution in [2.24, 2.45) is 0 Å². The van der Waals surface area contributed by atoms with Gasteiger partial charge in [0.05, 0.1) is 17.5 Å². The van der Waals surface area contributed by atoms with Gasteiger partial charge in [0.1, 0.15) is 0 Å². The first-order valence-corrected chi connectivity index (χ1v) is 5.56. The first kappa shape index (κ1) is 11.4. The molecule has 0 radical (unpaired) electrons. The van der Waals surface area contributed by atoms with E-state index in [1.54, 1.807) is 24.4 Å². The third kappa shape index (κ3) is 2.38. The lowest BCUT2D eigenvalue weighted by Crippen LogP contribution is -1.91. The van der Waals surface area contributed by atoms with Crippen LogP contribution in [0.3, 0.4) is 0 Å². The summed E-state index contributed by atoms with van der Waals surface area (Å²) < 4.78 is 0. The Bertz CT molecular complexity index is 634. The van der Waals surface area contributed by atoms with Gasteiger partial charge in [-0.1, -0.05) is 6.07 Å². The molecule has 0 spiro atoms. The lowest BCUT2D eigenvalue weighted by molar-refractivity contribution is -0.112. The molecule has 0 saturated carbocycles. The third-order valence-corrected chi connectivity index (χ3v) is 2.69. The van der Waals surface area contributed by atoms with Gasteiger partial charge < -0.3 is 4.98 Å². The molecular formula is C13H9ClN2O. The van der Waals surface area contributed by atoms with Crippen molar-refractivity contribution in [2.45, 2.75) is 0 Å². The van der Waals surface area contributed by atoms with Crippen LogP contribution in [-0.4, -0.2) is 16.6 Å². The fraction of sp³-hybridized carbons (Fsp3) is 0.0769. The Balaban J connectivity index is 2.41. The van der Waals surface area contributed by atoms with Gasteiger partial charge in [-0.2, -0.15) is 5.26 Å². The highest BCUT2D eigenvalue weighted by Gasteiger charge is 2.02. The molecular weight excluding hydrogens is 236 g/mol. The van der Waals surface area contributed by atoms with Gasteiger partial charge in [-0.25, -0.2) is 0 Å². The van der Waals surface area contributed by atoms with Crippen LogP contribution in [0.25, 0.3) is 17.0 Å². The minimum absolute atomic E-state index is 0.0164. The second-order valence-corrected chi connectivity index (χ2v) is 3.82. The average molecular weight is 245 g/mol. The summed E-state index contributed by atoms with van der Waals surface area (Å²) in [6.07, 6.45) is 4.97. The van der Waals surface area contributed by atoms with E-state index in [4.69, 9.17) is 16.9 Å². The predicted molar refractivity (Wildman–Crippen MR) is 67.8 cm³/mol. The third-order valence-electron chi connectivity index (χ3n) is 2.42. The molecule has 0 fully saturated rings. The molecule has 0 saturated heterocycles. The number of rotatable bonds is 3. The molecule has 84 valence electrons. The number of aromatic nitrogens is 1. The number of nitrogens with one attached hydrogen (secondary N) is 1. The first-order chi connectivity index (χ1) is 8.24. The monoisotopic (exact) mass is 244 g/mol. The largest absolute Gasteiger partial charge is 0.361 e. The summed E-state index contributed by atoms with van der Waals surface area (Å²) in [4.78, 5) is 14.1. The number of carbonyl (C=O) groups excluding carboxylic acids is 1. The second kappa shape index (κ2) is 4.86. The molecule has 0 unspecified atom stereocenters. The van der Waals surface area contributed by atoms with Crippen LogP contribution in [0.1, 0.15) is 11.1 Å². The normalized spacial score (nSPS) is 10.8. The number of nitrogens with zero attached hydrogens (tertiary/aromatic N) is 1. The molecule has 2 rings (SSSR count). The molecule has 3 nitrogen and oxygen atoms in total. The maximum atomic E-state index is 11.1. The molecule has 1 N–H and O–H groups in total. The maximum Gasteiger partial charge on any atom is 0.170 e. The SMILES string of the molecule is N#Cc1ccc2c(/C=C/C(=O)CCl)c[nH]c2c1. The van der Waals surface area contributed by atoms with Crippen molar-refractivity contribution in [1.29, 1.82) is 5.26 Å². The van der Waals surface area contributed by atoms with Crippen molar-refractivity contribution in [2.75, 3.05) is 5.88 Å². The molecule has 2 aromatic rings. The summed E-state index contributed by atoms with van der Waals surface area (Å²) in [6, 6.07) is 7.46. The number of aromatic amines is 1. The fourth-order valence-electron chi connectivity index (χ4n) is 1.58. The molecule has 0 atom stereocenters. The molecule has 17 heavy (non-hydrogen) atoms. The van der Waals surface area contributed by atoms with Crippen LogP contribution in [0.2, 0.25) is 0 Å². The molecule has 0 aliphatic carbocycles. The van der Waals surface area contributed by atoms with Gasteiger partial charge in [0, 0.05) is 17.1 Å². The van der Waals surface area contributed by atoms with Crippen molar-refractivity contribution >= 4 is 34.4 Å². The molecule has 1 aromatic carbocycles. The summed E-state index contributed by atoms with van der Waals surface area (Å²) in [7, 11) is 0. The van der Waals surface area contributed by atoms with E-state index in [0.717, 1.165) is 16.5 Å². The summed E-state index contributed by atoms with van der Waals surface area (Å²) in [5, 5.41) is 9.75. The molecule has 0 aliphatic rings. The van der Waals surface area contributed by atoms with Crippen LogP contribution in [0.4, 0.5) is 0 Å². The highest BCUT2D eigenvalue weighted by molar-refractivity contribution is 6.29. The summed E-state index contributed by atoms with van der Waals surface area (Å²) >= 11 is 5.41. The van der Waals surface area contributed by atoms with E-state index >= 15 is 0 Å². The Kier molecular flexibility index (Phi) is 3.27. The fourth-order valence-corrected chi connectivity index (χ4v) is 1.67. The summed E-state index contributed by atoms with van der Waals surface area (Å²) in [5.74, 6) is -0.146. The van der Waals surface area contributed by atoms with Crippen molar-refractivity contribution < 1.29 is 4.79 Å². The van der Waals surface area contributed by atoms with E-state index in [9.17, 15) is 4.79 Å². The maximum absolute atomic E-state index is 11.1. The Labute approximate surface area is 103 Å². The zero-order chi connectivity index (χ0) is 12.3. The highest BCUT2D eigenvalue weighted by Crippen LogP contribution is 2.20. The standard InChI is InChI=1S/C13H9ClN2O/c14-6-11(17)3-2-10-8-16-13-5-9(7-15)1-4-12(10)13/h1-5,8,16H,6H2/b3-2+. The lowest BCUT2D eigenvalue weighted by Gasteiger charge is -1.92. The van der Waals surface area contributed by atoms with Gasteiger partial charge in [-0.3, -0.25) is 4.79 Å². The van der Waals surface area contributed by atoms with E-state index < -0.39 is 0 Å². The van der Waals surface area contributed by atoms with E-state index in [1.165, 1.54) is 6.08 Å². The van der Waals surface area contributed by atoms with Crippen LogP contribution in [0.15, 0.2) is 30.5 Å². The number of hydrogen-bond donors (Lipinski definition) is 1. The minimum Gasteiger partial charge on any atom is -0.361 e. The molecule has 4 heteroatoms. The second-order valence-electron chi connectivity index (χ2n) is 3.55. The zero-order valence-corrected chi connectivity index (χ0v) is 9.66. The Morgan fingerprint density at radius 2 is 2.35 bits per heavy atom. The number of fused-ring (bicyclic) bond motifs is 1. The Hall–Kier alpha value is -2.05. The number of nitriles is 1. The minimum atomic E-state index is -0.130. The number of benzene rings is 1. The van der Waals surface area contributed by atoms with Crippen molar-refractivity contribution in [1.82, 2.24) is 4.98 Å². The van der Waals surface area contributed by atoms with E-state index in [1.807, 2.05) is 6.07 Å². The summed E-state index contributed by atoms with van der Waals surface area (Å²) in [5.41, 5.74) is 2.39. The van der Waals surface area contributed by atoms with E-state index in [2.05, 4.69) is 11.1 Å². The van der Waals surface area contributed by atoms with Crippen LogP contribution in [0, 0.1) is 11.3 Å². The van der Waals surface area contributed by atoms with Crippen LogP contribution < -0.4 is 0 Å². The number of carbonyl (C=O) groups is 1. The van der Waals surface area contributed by atoms with Crippen LogP contribution in [-0.2, 0) is 4.79 Å². The summed E-state index contributed by atoms with van der Waals surface area (Å²) in [6.45, 7) is 0. The van der Waals surface area contributed by atoms with E-state index in [0.29, 0.717) is 5.56 Å². The molecule has 0 aliphatic heterocycles. The van der Waals surface area contributed by atoms with Crippen molar-refractivity contribution in [3.8, 4) is 6.07 Å². The van der Waals surface area contributed by atoms with Gasteiger partial charge in [0.15, 0.2) is 5.78 Å². The van der Waals surface area contributed by atoms with Gasteiger partial charge in [0.25, 0.3) is 0 Å². The lowest BCUT2D eigenvalue weighted by atomic mass is 10.1. The van der Waals surface area contributed by atoms with Gasteiger partial charge >= 0.3 is 0 Å². The zero-order valence-electron chi connectivity index (χ0n) is 8.90. The van der Waals surface area contributed by atoms with Gasteiger partial charge in [-0.15, -0.1) is 11.6 Å². The average Bonchev–Trinajstić information content (AvgIpc) is 2.77. The Morgan fingerprint density at radius 3 is 3.06 bits per heavy atom.